The van der Waals surface area contributed by atoms with E-state index in [1.54, 1.807) is 0 Å². The van der Waals surface area contributed by atoms with Gasteiger partial charge in [-0.2, -0.15) is 0 Å². The van der Waals surface area contributed by atoms with Crippen molar-refractivity contribution in [2.24, 2.45) is 0 Å². The molecule has 0 N–H and O–H groups in total. The van der Waals surface area contributed by atoms with Crippen molar-refractivity contribution in [3.63, 3.8) is 0 Å². The first-order valence-electron chi connectivity index (χ1n) is 17.0. The monoisotopic (exact) mass is 579 g/mol. The Morgan fingerprint density at radius 1 is 0.634 bits per heavy atom. The van der Waals surface area contributed by atoms with Gasteiger partial charge in [0.1, 0.15) is 6.54 Å². The Labute approximate surface area is 253 Å². The van der Waals surface area contributed by atoms with Crippen LogP contribution < -0.4 is 5.11 Å². The smallest absolute Gasteiger partial charge is 0.307 e. The summed E-state index contributed by atoms with van der Waals surface area (Å²) in [5.41, 5.74) is -1.67. The summed E-state index contributed by atoms with van der Waals surface area (Å²) in [5, 5.41) is 11.7. The fourth-order valence-corrected chi connectivity index (χ4v) is 5.45. The van der Waals surface area contributed by atoms with E-state index in [0.29, 0.717) is 17.3 Å². The molecule has 6 heteroatoms. The lowest BCUT2D eigenvalue weighted by atomic mass is 9.89. The number of Topliss-reactive ketones (excluding diaryl/α,β-unsaturated/α-hetero) is 1. The highest BCUT2D eigenvalue weighted by molar-refractivity contribution is 5.93. The average molecular weight is 580 g/mol. The number of likely N-dealkylation sites (N-methyl/N-ethyl adjacent to an activating group) is 1. The van der Waals surface area contributed by atoms with Gasteiger partial charge >= 0.3 is 5.97 Å². The molecule has 0 amide bonds. The molecule has 0 bridgehead atoms. The largest absolute Gasteiger partial charge is 0.550 e. The molecule has 0 aliphatic carbocycles. The molecule has 0 radical (unpaired) electrons. The molecule has 240 valence electrons. The molecule has 0 aromatic rings. The standard InChI is InChI=1S/C35H65NO5/c1-6-8-10-12-14-15-16-17-18-19-20-21-23-25-27-29-34(40)41-35(30-33(38)39,31-36(3,4)5)32(37)28-26-24-22-13-11-9-7-2/h17-18H,6-16,19-31H2,1-5H3/b18-17-. The van der Waals surface area contributed by atoms with Crippen LogP contribution in [0.25, 0.3) is 0 Å². The quantitative estimate of drug-likeness (QED) is 0.0390. The van der Waals surface area contributed by atoms with Crippen molar-refractivity contribution < 1.29 is 28.7 Å². The van der Waals surface area contributed by atoms with Crippen molar-refractivity contribution >= 4 is 17.7 Å². The second-order valence-electron chi connectivity index (χ2n) is 13.1. The number of quaternary nitrogens is 1. The number of hydrogen-bond acceptors (Lipinski definition) is 5. The van der Waals surface area contributed by atoms with Gasteiger partial charge in [0.15, 0.2) is 5.78 Å². The number of esters is 1. The highest BCUT2D eigenvalue weighted by Crippen LogP contribution is 2.26. The zero-order chi connectivity index (χ0) is 30.8. The number of carbonyl (C=O) groups excluding carboxylic acids is 3. The van der Waals surface area contributed by atoms with Crippen LogP contribution in [0.4, 0.5) is 0 Å². The molecule has 1 atom stereocenters. The zero-order valence-corrected chi connectivity index (χ0v) is 27.6. The predicted octanol–water partition coefficient (Wildman–Crippen LogP) is 7.86. The zero-order valence-electron chi connectivity index (χ0n) is 27.6. The lowest BCUT2D eigenvalue weighted by Gasteiger charge is -2.38. The predicted molar refractivity (Wildman–Crippen MR) is 168 cm³/mol. The van der Waals surface area contributed by atoms with E-state index in [1.807, 2.05) is 21.1 Å². The molecule has 0 saturated heterocycles. The highest BCUT2D eigenvalue weighted by atomic mass is 16.6. The van der Waals surface area contributed by atoms with E-state index in [9.17, 15) is 19.5 Å². The SMILES string of the molecule is CCCCCCCC/C=C\CCCCCCCC(=O)OC(CC(=O)[O-])(C[N+](C)(C)C)C(=O)CCCCCCCCC. The molecule has 0 aliphatic heterocycles. The molecule has 1 unspecified atom stereocenters. The molecular weight excluding hydrogens is 514 g/mol. The van der Waals surface area contributed by atoms with E-state index in [2.05, 4.69) is 26.0 Å². The van der Waals surface area contributed by atoms with E-state index < -0.39 is 24.0 Å². The van der Waals surface area contributed by atoms with Gasteiger partial charge < -0.3 is 19.1 Å². The second-order valence-corrected chi connectivity index (χ2v) is 13.1. The number of aliphatic carboxylic acids is 1. The van der Waals surface area contributed by atoms with Gasteiger partial charge in [-0.3, -0.25) is 9.59 Å². The number of carboxylic acid groups (broad SMARTS) is 1. The number of hydrogen-bond donors (Lipinski definition) is 0. The number of rotatable bonds is 29. The molecule has 41 heavy (non-hydrogen) atoms. The molecule has 0 heterocycles. The van der Waals surface area contributed by atoms with Gasteiger partial charge in [-0.15, -0.1) is 0 Å². The van der Waals surface area contributed by atoms with Gasteiger partial charge in [-0.25, -0.2) is 0 Å². The van der Waals surface area contributed by atoms with Gasteiger partial charge in [-0.05, 0) is 38.5 Å². The van der Waals surface area contributed by atoms with E-state index in [1.165, 1.54) is 64.2 Å². The third-order valence-electron chi connectivity index (χ3n) is 7.63. The molecule has 0 rings (SSSR count). The van der Waals surface area contributed by atoms with Crippen LogP contribution >= 0.6 is 0 Å². The summed E-state index contributed by atoms with van der Waals surface area (Å²) in [6.45, 7) is 4.55. The van der Waals surface area contributed by atoms with Crippen molar-refractivity contribution in [1.29, 1.82) is 0 Å². The number of allylic oxidation sites excluding steroid dienone is 2. The van der Waals surface area contributed by atoms with Crippen LogP contribution in [0.15, 0.2) is 12.2 Å². The van der Waals surface area contributed by atoms with Crippen molar-refractivity contribution in [3.05, 3.63) is 12.2 Å². The fourth-order valence-electron chi connectivity index (χ4n) is 5.45. The Hall–Kier alpha value is -1.69. The van der Waals surface area contributed by atoms with Crippen LogP contribution in [-0.2, 0) is 19.1 Å². The minimum absolute atomic E-state index is 0.119. The molecular formula is C35H65NO5. The van der Waals surface area contributed by atoms with E-state index in [4.69, 9.17) is 4.74 Å². The molecule has 0 aromatic heterocycles. The van der Waals surface area contributed by atoms with Crippen molar-refractivity contribution in [2.75, 3.05) is 27.7 Å². The Balaban J connectivity index is 4.53. The third-order valence-corrected chi connectivity index (χ3v) is 7.63. The van der Waals surface area contributed by atoms with Gasteiger partial charge in [0.25, 0.3) is 0 Å². The van der Waals surface area contributed by atoms with Crippen molar-refractivity contribution in [2.45, 2.75) is 167 Å². The molecule has 6 nitrogen and oxygen atoms in total. The van der Waals surface area contributed by atoms with Crippen LogP contribution in [0, 0.1) is 0 Å². The lowest BCUT2D eigenvalue weighted by Crippen LogP contribution is -2.58. The van der Waals surface area contributed by atoms with E-state index in [0.717, 1.165) is 51.4 Å². The van der Waals surface area contributed by atoms with Crippen molar-refractivity contribution in [1.82, 2.24) is 0 Å². The molecule has 0 spiro atoms. The first kappa shape index (κ1) is 39.3. The maximum Gasteiger partial charge on any atom is 0.307 e. The number of carbonyl (C=O) groups is 3. The van der Waals surface area contributed by atoms with Crippen LogP contribution in [-0.4, -0.2) is 55.5 Å². The summed E-state index contributed by atoms with van der Waals surface area (Å²) >= 11 is 0. The minimum Gasteiger partial charge on any atom is -0.550 e. The van der Waals surface area contributed by atoms with Crippen LogP contribution in [0.1, 0.15) is 162 Å². The minimum atomic E-state index is -1.67. The molecule has 0 fully saturated rings. The number of nitrogens with zero attached hydrogens (tertiary/aromatic N) is 1. The van der Waals surface area contributed by atoms with E-state index in [-0.39, 0.29) is 25.2 Å². The van der Waals surface area contributed by atoms with Gasteiger partial charge in [0, 0.05) is 25.2 Å². The Kier molecular flexibility index (Phi) is 23.8. The summed E-state index contributed by atoms with van der Waals surface area (Å²) in [5.74, 6) is -2.13. The number of ketones is 1. The first-order chi connectivity index (χ1) is 19.6. The maximum atomic E-state index is 13.4. The number of ether oxygens (including phenoxy) is 1. The molecule has 0 aromatic carbocycles. The molecule has 0 saturated carbocycles. The Morgan fingerprint density at radius 2 is 1.05 bits per heavy atom. The summed E-state index contributed by atoms with van der Waals surface area (Å²) < 4.78 is 6.10. The summed E-state index contributed by atoms with van der Waals surface area (Å²) in [4.78, 5) is 37.9. The van der Waals surface area contributed by atoms with Crippen LogP contribution in [0.5, 0.6) is 0 Å². The maximum absolute atomic E-state index is 13.4. The lowest BCUT2D eigenvalue weighted by molar-refractivity contribution is -0.875. The summed E-state index contributed by atoms with van der Waals surface area (Å²) in [6, 6.07) is 0. The second kappa shape index (κ2) is 24.9. The van der Waals surface area contributed by atoms with Gasteiger partial charge in [0.2, 0.25) is 5.60 Å². The Morgan fingerprint density at radius 3 is 1.49 bits per heavy atom. The number of carboxylic acids is 1. The van der Waals surface area contributed by atoms with Crippen LogP contribution in [0.3, 0.4) is 0 Å². The fraction of sp³-hybridized carbons (Fsp3) is 0.857. The average Bonchev–Trinajstić information content (AvgIpc) is 2.88. The topological polar surface area (TPSA) is 83.5 Å². The van der Waals surface area contributed by atoms with Gasteiger partial charge in [-0.1, -0.05) is 116 Å². The van der Waals surface area contributed by atoms with Crippen molar-refractivity contribution in [3.8, 4) is 0 Å². The normalized spacial score (nSPS) is 13.4. The van der Waals surface area contributed by atoms with Crippen LogP contribution in [0.2, 0.25) is 0 Å². The summed E-state index contributed by atoms with van der Waals surface area (Å²) in [7, 11) is 5.63. The number of unbranched alkanes of at least 4 members (excludes halogenated alkanes) is 17. The first-order valence-corrected chi connectivity index (χ1v) is 17.0. The molecule has 0 aliphatic rings. The van der Waals surface area contributed by atoms with Gasteiger partial charge in [0.05, 0.1) is 21.1 Å². The third kappa shape index (κ3) is 23.6. The highest BCUT2D eigenvalue weighted by Gasteiger charge is 2.46. The van der Waals surface area contributed by atoms with E-state index >= 15 is 0 Å². The Bertz CT molecular complexity index is 712. The summed E-state index contributed by atoms with van der Waals surface area (Å²) in [6.07, 6.45) is 27.1.